The molecule has 0 saturated carbocycles. The highest BCUT2D eigenvalue weighted by Gasteiger charge is 2.16. The van der Waals surface area contributed by atoms with E-state index in [1.807, 2.05) is 12.3 Å². The number of carbonyl (C=O) groups excluding carboxylic acids is 1. The first-order chi connectivity index (χ1) is 10.1. The Balaban J connectivity index is 1.72. The van der Waals surface area contributed by atoms with E-state index in [-0.39, 0.29) is 11.9 Å². The molecule has 0 saturated heterocycles. The zero-order chi connectivity index (χ0) is 14.8. The van der Waals surface area contributed by atoms with Crippen LogP contribution in [0.1, 0.15) is 34.3 Å². The molecule has 0 radical (unpaired) electrons. The second-order valence-corrected chi connectivity index (χ2v) is 5.60. The Morgan fingerprint density at radius 3 is 3.05 bits per heavy atom. The smallest absolute Gasteiger partial charge is 0.268 e. The van der Waals surface area contributed by atoms with Crippen LogP contribution in [0, 0.1) is 6.92 Å². The Bertz CT molecular complexity index is 746. The van der Waals surface area contributed by atoms with Crippen molar-refractivity contribution in [1.82, 2.24) is 25.4 Å². The first-order valence-corrected chi connectivity index (χ1v) is 7.19. The van der Waals surface area contributed by atoms with Gasteiger partial charge in [0.15, 0.2) is 5.82 Å². The number of nitrogens with one attached hydrogen (secondary N) is 2. The molecule has 2 N–H and O–H groups in total. The molecule has 21 heavy (non-hydrogen) atoms. The summed E-state index contributed by atoms with van der Waals surface area (Å²) in [5.74, 6) is 0.204. The predicted octanol–water partition coefficient (Wildman–Crippen LogP) is 2.32. The van der Waals surface area contributed by atoms with Gasteiger partial charge in [-0.3, -0.25) is 4.79 Å². The van der Waals surface area contributed by atoms with E-state index < -0.39 is 0 Å². The van der Waals surface area contributed by atoms with Crippen molar-refractivity contribution in [1.29, 1.82) is 0 Å². The number of rotatable bonds is 4. The first kappa shape index (κ1) is 13.5. The zero-order valence-corrected chi connectivity index (χ0v) is 12.3. The third kappa shape index (κ3) is 2.84. The summed E-state index contributed by atoms with van der Waals surface area (Å²) >= 11 is 1.57. The maximum atomic E-state index is 12.2. The van der Waals surface area contributed by atoms with E-state index in [0.717, 1.165) is 16.3 Å². The second-order valence-electron chi connectivity index (χ2n) is 4.54. The summed E-state index contributed by atoms with van der Waals surface area (Å²) in [6.07, 6.45) is 3.00. The topological polar surface area (TPSA) is 96.7 Å². The normalized spacial score (nSPS) is 12.3. The minimum absolute atomic E-state index is 0.231. The molecular formula is C13H13N5O2S. The monoisotopic (exact) mass is 303 g/mol. The van der Waals surface area contributed by atoms with Gasteiger partial charge in [0.1, 0.15) is 5.69 Å². The van der Waals surface area contributed by atoms with E-state index in [9.17, 15) is 4.79 Å². The van der Waals surface area contributed by atoms with Crippen LogP contribution < -0.4 is 5.32 Å². The number of H-pyrrole nitrogens is 1. The Hall–Kier alpha value is -2.48. The molecule has 3 heterocycles. The van der Waals surface area contributed by atoms with Crippen LogP contribution in [-0.4, -0.2) is 26.0 Å². The molecule has 108 valence electrons. The molecule has 0 aliphatic rings. The summed E-state index contributed by atoms with van der Waals surface area (Å²) in [6.45, 7) is 3.73. The number of aromatic nitrogens is 4. The number of amides is 1. The van der Waals surface area contributed by atoms with Gasteiger partial charge in [-0.25, -0.2) is 4.98 Å². The van der Waals surface area contributed by atoms with Crippen LogP contribution in [0.3, 0.4) is 0 Å². The Kier molecular flexibility index (Phi) is 3.53. The molecular weight excluding hydrogens is 290 g/mol. The van der Waals surface area contributed by atoms with Gasteiger partial charge in [0.05, 0.1) is 16.7 Å². The first-order valence-electron chi connectivity index (χ1n) is 6.31. The lowest BCUT2D eigenvalue weighted by atomic mass is 10.2. The van der Waals surface area contributed by atoms with Gasteiger partial charge in [0.2, 0.25) is 6.39 Å². The van der Waals surface area contributed by atoms with Crippen LogP contribution in [-0.2, 0) is 0 Å². The molecule has 0 fully saturated rings. The van der Waals surface area contributed by atoms with Crippen molar-refractivity contribution in [3.8, 4) is 11.3 Å². The molecule has 1 atom stereocenters. The van der Waals surface area contributed by atoms with Crippen LogP contribution >= 0.6 is 11.3 Å². The lowest BCUT2D eigenvalue weighted by Crippen LogP contribution is -2.27. The number of nitrogens with zero attached hydrogens (tertiary/aromatic N) is 3. The molecule has 3 aromatic rings. The van der Waals surface area contributed by atoms with Gasteiger partial charge in [-0.2, -0.15) is 4.98 Å². The molecule has 0 aromatic carbocycles. The molecule has 0 spiro atoms. The minimum Gasteiger partial charge on any atom is -0.357 e. The molecule has 1 amide bonds. The van der Waals surface area contributed by atoms with Crippen molar-refractivity contribution >= 4 is 17.2 Å². The van der Waals surface area contributed by atoms with Gasteiger partial charge in [-0.15, -0.1) is 11.3 Å². The molecule has 0 aliphatic heterocycles. The summed E-state index contributed by atoms with van der Waals surface area (Å²) in [5.41, 5.74) is 2.21. The number of aryl methyl sites for hydroxylation is 1. The Morgan fingerprint density at radius 1 is 1.52 bits per heavy atom. The van der Waals surface area contributed by atoms with Crippen LogP contribution in [0.4, 0.5) is 0 Å². The summed E-state index contributed by atoms with van der Waals surface area (Å²) in [6, 6.07) is 1.44. The number of aromatic amines is 1. The maximum Gasteiger partial charge on any atom is 0.268 e. The standard InChI is InChI=1S/C13H13N5O2S/c1-7(12-15-6-20-18-12)16-13(19)10-3-9(4-14-10)11-5-21-8(2)17-11/h3-7,14H,1-2H3,(H,16,19). The number of hydrogen-bond donors (Lipinski definition) is 2. The van der Waals surface area contributed by atoms with Crippen LogP contribution in [0.15, 0.2) is 28.6 Å². The van der Waals surface area contributed by atoms with Crippen molar-refractivity contribution in [3.05, 3.63) is 40.6 Å². The van der Waals surface area contributed by atoms with Gasteiger partial charge in [0, 0.05) is 17.1 Å². The van der Waals surface area contributed by atoms with Gasteiger partial charge < -0.3 is 14.8 Å². The van der Waals surface area contributed by atoms with Gasteiger partial charge in [-0.05, 0) is 19.9 Å². The van der Waals surface area contributed by atoms with Crippen molar-refractivity contribution in [2.45, 2.75) is 19.9 Å². The molecule has 8 heteroatoms. The van der Waals surface area contributed by atoms with Crippen molar-refractivity contribution < 1.29 is 9.32 Å². The van der Waals surface area contributed by atoms with Gasteiger partial charge >= 0.3 is 0 Å². The lowest BCUT2D eigenvalue weighted by molar-refractivity contribution is 0.0933. The molecule has 3 aromatic heterocycles. The fourth-order valence-corrected chi connectivity index (χ4v) is 2.50. The molecule has 0 aliphatic carbocycles. The minimum atomic E-state index is -0.329. The Morgan fingerprint density at radius 2 is 2.38 bits per heavy atom. The fourth-order valence-electron chi connectivity index (χ4n) is 1.88. The molecule has 7 nitrogen and oxygen atoms in total. The number of thiazole rings is 1. The van der Waals surface area contributed by atoms with Crippen molar-refractivity contribution in [2.24, 2.45) is 0 Å². The van der Waals surface area contributed by atoms with Crippen molar-refractivity contribution in [3.63, 3.8) is 0 Å². The van der Waals surface area contributed by atoms with E-state index in [2.05, 4.69) is 29.9 Å². The third-order valence-corrected chi connectivity index (χ3v) is 3.73. The third-order valence-electron chi connectivity index (χ3n) is 2.96. The summed E-state index contributed by atoms with van der Waals surface area (Å²) < 4.78 is 4.66. The van der Waals surface area contributed by atoms with Gasteiger partial charge in [-0.1, -0.05) is 5.16 Å². The molecule has 3 rings (SSSR count). The largest absolute Gasteiger partial charge is 0.357 e. The fraction of sp³-hybridized carbons (Fsp3) is 0.231. The SMILES string of the molecule is Cc1nc(-c2c[nH]c(C(=O)NC(C)c3ncon3)c2)cs1. The maximum absolute atomic E-state index is 12.2. The highest BCUT2D eigenvalue weighted by Crippen LogP contribution is 2.22. The highest BCUT2D eigenvalue weighted by atomic mass is 32.1. The number of carbonyl (C=O) groups is 1. The summed E-state index contributed by atoms with van der Waals surface area (Å²) in [4.78, 5) is 23.4. The van der Waals surface area contributed by atoms with Crippen LogP contribution in [0.25, 0.3) is 11.3 Å². The average Bonchev–Trinajstić information content (AvgIpc) is 3.19. The van der Waals surface area contributed by atoms with E-state index in [1.54, 1.807) is 30.5 Å². The quantitative estimate of drug-likeness (QED) is 0.771. The number of hydrogen-bond acceptors (Lipinski definition) is 6. The predicted molar refractivity (Wildman–Crippen MR) is 76.8 cm³/mol. The Labute approximate surface area is 124 Å². The summed E-state index contributed by atoms with van der Waals surface area (Å²) in [5, 5.41) is 9.44. The van der Waals surface area contributed by atoms with Crippen LogP contribution in [0.2, 0.25) is 0 Å². The van der Waals surface area contributed by atoms with E-state index in [4.69, 9.17) is 0 Å². The molecule has 1 unspecified atom stereocenters. The zero-order valence-electron chi connectivity index (χ0n) is 11.5. The van der Waals surface area contributed by atoms with E-state index in [0.29, 0.717) is 11.5 Å². The van der Waals surface area contributed by atoms with E-state index in [1.165, 1.54) is 6.39 Å². The van der Waals surface area contributed by atoms with Crippen molar-refractivity contribution in [2.75, 3.05) is 0 Å². The average molecular weight is 303 g/mol. The second kappa shape index (κ2) is 5.49. The van der Waals surface area contributed by atoms with Gasteiger partial charge in [0.25, 0.3) is 5.91 Å². The highest BCUT2D eigenvalue weighted by molar-refractivity contribution is 7.09. The van der Waals surface area contributed by atoms with E-state index >= 15 is 0 Å². The summed E-state index contributed by atoms with van der Waals surface area (Å²) in [7, 11) is 0. The van der Waals surface area contributed by atoms with Crippen LogP contribution in [0.5, 0.6) is 0 Å². The lowest BCUT2D eigenvalue weighted by Gasteiger charge is -2.08. The molecule has 0 bridgehead atoms.